The van der Waals surface area contributed by atoms with Gasteiger partial charge in [-0.1, -0.05) is 17.7 Å². The third-order valence-electron chi connectivity index (χ3n) is 4.39. The van der Waals surface area contributed by atoms with Crippen molar-refractivity contribution in [3.05, 3.63) is 58.6 Å². The molecule has 0 bridgehead atoms. The van der Waals surface area contributed by atoms with Crippen molar-refractivity contribution < 1.29 is 4.79 Å². The van der Waals surface area contributed by atoms with Crippen molar-refractivity contribution >= 4 is 17.5 Å². The molecule has 0 radical (unpaired) electrons. The number of hydrogen-bond donors (Lipinski definition) is 2. The Labute approximate surface area is 146 Å². The van der Waals surface area contributed by atoms with E-state index in [1.54, 1.807) is 6.20 Å². The van der Waals surface area contributed by atoms with E-state index in [4.69, 9.17) is 11.6 Å². The first-order valence-electron chi connectivity index (χ1n) is 8.10. The van der Waals surface area contributed by atoms with Crippen LogP contribution in [0.3, 0.4) is 0 Å². The Kier molecular flexibility index (Phi) is 5.11. The molecule has 2 aromatic heterocycles. The number of pyridine rings is 2. The number of nitrogens with one attached hydrogen (secondary N) is 2. The molecular weight excluding hydrogens is 324 g/mol. The normalized spacial score (nSPS) is 21.5. The van der Waals surface area contributed by atoms with Gasteiger partial charge in [-0.05, 0) is 38.1 Å². The maximum absolute atomic E-state index is 12.7. The van der Waals surface area contributed by atoms with Gasteiger partial charge in [0.15, 0.2) is 0 Å². The van der Waals surface area contributed by atoms with Crippen molar-refractivity contribution in [2.45, 2.75) is 25.8 Å². The lowest BCUT2D eigenvalue weighted by Gasteiger charge is -2.21. The van der Waals surface area contributed by atoms with Crippen LogP contribution in [0, 0.1) is 12.8 Å². The van der Waals surface area contributed by atoms with Gasteiger partial charge in [0.05, 0.1) is 22.7 Å². The second-order valence-electron chi connectivity index (χ2n) is 6.21. The SMILES string of the molecule is Cc1cccc([C@H](C)NC(=O)[C@@H]2CNC[C@H]2c2ccc(Cl)cn2)n1. The van der Waals surface area contributed by atoms with Gasteiger partial charge in [0.25, 0.3) is 0 Å². The molecule has 0 unspecified atom stereocenters. The molecule has 3 rings (SSSR count). The average molecular weight is 345 g/mol. The number of aromatic nitrogens is 2. The largest absolute Gasteiger partial charge is 0.348 e. The monoisotopic (exact) mass is 344 g/mol. The molecule has 1 fully saturated rings. The van der Waals surface area contributed by atoms with Gasteiger partial charge in [-0.15, -0.1) is 0 Å². The molecule has 0 saturated carbocycles. The molecule has 1 aliphatic heterocycles. The van der Waals surface area contributed by atoms with Crippen LogP contribution in [-0.2, 0) is 4.79 Å². The van der Waals surface area contributed by atoms with Gasteiger partial charge in [0, 0.05) is 36.6 Å². The third kappa shape index (κ3) is 3.74. The van der Waals surface area contributed by atoms with Gasteiger partial charge in [0.1, 0.15) is 0 Å². The van der Waals surface area contributed by atoms with Crippen LogP contribution in [0.2, 0.25) is 5.02 Å². The zero-order chi connectivity index (χ0) is 17.1. The van der Waals surface area contributed by atoms with Crippen LogP contribution in [0.5, 0.6) is 0 Å². The van der Waals surface area contributed by atoms with Crippen molar-refractivity contribution in [3.8, 4) is 0 Å². The Balaban J connectivity index is 1.70. The number of hydrogen-bond acceptors (Lipinski definition) is 4. The Morgan fingerprint density at radius 2 is 2.17 bits per heavy atom. The summed E-state index contributed by atoms with van der Waals surface area (Å²) in [6, 6.07) is 9.42. The standard InChI is InChI=1S/C18H21ClN4O/c1-11-4-3-5-16(22-11)12(2)23-18(24)15-10-20-9-14(15)17-7-6-13(19)8-21-17/h3-8,12,14-15,20H,9-10H2,1-2H3,(H,23,24)/t12-,14+,15+/m0/s1. The maximum atomic E-state index is 12.7. The van der Waals surface area contributed by atoms with Crippen LogP contribution < -0.4 is 10.6 Å². The molecule has 0 aliphatic carbocycles. The summed E-state index contributed by atoms with van der Waals surface area (Å²) >= 11 is 5.90. The van der Waals surface area contributed by atoms with Crippen molar-refractivity contribution in [1.29, 1.82) is 0 Å². The second-order valence-corrected chi connectivity index (χ2v) is 6.64. The average Bonchev–Trinajstić information content (AvgIpc) is 3.05. The molecule has 6 heteroatoms. The first-order valence-corrected chi connectivity index (χ1v) is 8.48. The van der Waals surface area contributed by atoms with E-state index in [-0.39, 0.29) is 23.8 Å². The molecule has 2 N–H and O–H groups in total. The van der Waals surface area contributed by atoms with Crippen molar-refractivity contribution in [1.82, 2.24) is 20.6 Å². The van der Waals surface area contributed by atoms with E-state index in [2.05, 4.69) is 20.6 Å². The minimum atomic E-state index is -0.147. The van der Waals surface area contributed by atoms with Gasteiger partial charge < -0.3 is 10.6 Å². The number of carbonyl (C=O) groups is 1. The highest BCUT2D eigenvalue weighted by atomic mass is 35.5. The molecule has 3 atom stereocenters. The van der Waals surface area contributed by atoms with Crippen molar-refractivity contribution in [2.24, 2.45) is 5.92 Å². The molecule has 5 nitrogen and oxygen atoms in total. The summed E-state index contributed by atoms with van der Waals surface area (Å²) < 4.78 is 0. The van der Waals surface area contributed by atoms with Crippen LogP contribution >= 0.6 is 11.6 Å². The fourth-order valence-electron chi connectivity index (χ4n) is 3.07. The summed E-state index contributed by atoms with van der Waals surface area (Å²) in [5.41, 5.74) is 2.71. The number of aryl methyl sites for hydroxylation is 1. The summed E-state index contributed by atoms with van der Waals surface area (Å²) in [5, 5.41) is 6.97. The Morgan fingerprint density at radius 1 is 1.33 bits per heavy atom. The number of rotatable bonds is 4. The highest BCUT2D eigenvalue weighted by Gasteiger charge is 2.35. The Hall–Kier alpha value is -1.98. The Bertz CT molecular complexity index is 719. The van der Waals surface area contributed by atoms with Crippen LogP contribution in [0.15, 0.2) is 36.5 Å². The lowest BCUT2D eigenvalue weighted by Crippen LogP contribution is -2.36. The van der Waals surface area contributed by atoms with Crippen LogP contribution in [0.1, 0.15) is 36.0 Å². The first-order chi connectivity index (χ1) is 11.5. The predicted molar refractivity (Wildman–Crippen MR) is 93.9 cm³/mol. The second kappa shape index (κ2) is 7.28. The summed E-state index contributed by atoms with van der Waals surface area (Å²) in [7, 11) is 0. The zero-order valence-corrected chi connectivity index (χ0v) is 14.5. The summed E-state index contributed by atoms with van der Waals surface area (Å²) in [6.45, 7) is 5.29. The van der Waals surface area contributed by atoms with E-state index < -0.39 is 0 Å². The fourth-order valence-corrected chi connectivity index (χ4v) is 3.18. The van der Waals surface area contributed by atoms with E-state index in [0.29, 0.717) is 11.6 Å². The van der Waals surface area contributed by atoms with E-state index in [0.717, 1.165) is 23.6 Å². The molecule has 24 heavy (non-hydrogen) atoms. The van der Waals surface area contributed by atoms with E-state index >= 15 is 0 Å². The topological polar surface area (TPSA) is 66.9 Å². The lowest BCUT2D eigenvalue weighted by molar-refractivity contribution is -0.125. The lowest BCUT2D eigenvalue weighted by atomic mass is 9.91. The van der Waals surface area contributed by atoms with Gasteiger partial charge in [-0.25, -0.2) is 0 Å². The van der Waals surface area contributed by atoms with Crippen LogP contribution in [0.25, 0.3) is 0 Å². The van der Waals surface area contributed by atoms with Gasteiger partial charge in [-0.2, -0.15) is 0 Å². The number of carbonyl (C=O) groups excluding carboxylic acids is 1. The molecule has 1 aliphatic rings. The molecular formula is C18H21ClN4O. The zero-order valence-electron chi connectivity index (χ0n) is 13.8. The van der Waals surface area contributed by atoms with E-state index in [1.165, 1.54) is 0 Å². The molecule has 0 spiro atoms. The summed E-state index contributed by atoms with van der Waals surface area (Å²) in [6.07, 6.45) is 1.63. The molecule has 126 valence electrons. The van der Waals surface area contributed by atoms with Crippen molar-refractivity contribution in [2.75, 3.05) is 13.1 Å². The minimum absolute atomic E-state index is 0.0255. The molecule has 1 saturated heterocycles. The van der Waals surface area contributed by atoms with Gasteiger partial charge in [-0.3, -0.25) is 14.8 Å². The van der Waals surface area contributed by atoms with Crippen molar-refractivity contribution in [3.63, 3.8) is 0 Å². The first kappa shape index (κ1) is 16.9. The number of amides is 1. The third-order valence-corrected chi connectivity index (χ3v) is 4.62. The molecule has 1 amide bonds. The number of halogens is 1. The van der Waals surface area contributed by atoms with E-state index in [9.17, 15) is 4.79 Å². The maximum Gasteiger partial charge on any atom is 0.225 e. The fraction of sp³-hybridized carbons (Fsp3) is 0.389. The highest BCUT2D eigenvalue weighted by Crippen LogP contribution is 2.28. The minimum Gasteiger partial charge on any atom is -0.348 e. The predicted octanol–water partition coefficient (Wildman–Crippen LogP) is 2.62. The highest BCUT2D eigenvalue weighted by molar-refractivity contribution is 6.30. The summed E-state index contributed by atoms with van der Waals surface area (Å²) in [5.74, 6) is -0.0663. The smallest absolute Gasteiger partial charge is 0.225 e. The van der Waals surface area contributed by atoms with Crippen LogP contribution in [-0.4, -0.2) is 29.0 Å². The summed E-state index contributed by atoms with van der Waals surface area (Å²) in [4.78, 5) is 21.6. The quantitative estimate of drug-likeness (QED) is 0.894. The van der Waals surface area contributed by atoms with Gasteiger partial charge in [0.2, 0.25) is 5.91 Å². The number of nitrogens with zero attached hydrogens (tertiary/aromatic N) is 2. The molecule has 3 heterocycles. The Morgan fingerprint density at radius 3 is 2.88 bits per heavy atom. The van der Waals surface area contributed by atoms with Crippen LogP contribution in [0.4, 0.5) is 0 Å². The molecule has 0 aromatic carbocycles. The molecule has 2 aromatic rings. The van der Waals surface area contributed by atoms with E-state index in [1.807, 2.05) is 44.2 Å². The van der Waals surface area contributed by atoms with Gasteiger partial charge >= 0.3 is 0 Å².